The second kappa shape index (κ2) is 13.0. The van der Waals surface area contributed by atoms with Crippen LogP contribution in [0.2, 0.25) is 0 Å². The molecule has 5 rings (SSSR count). The molecule has 2 amide bonds. The molecule has 1 aliphatic rings. The molecule has 4 aromatic rings. The van der Waals surface area contributed by atoms with E-state index in [0.717, 1.165) is 35.0 Å². The van der Waals surface area contributed by atoms with Crippen LogP contribution in [-0.2, 0) is 22.7 Å². The lowest BCUT2D eigenvalue weighted by Gasteiger charge is -2.27. The number of hydrogen-bond donors (Lipinski definition) is 0. The number of amides is 2. The molecule has 0 bridgehead atoms. The van der Waals surface area contributed by atoms with Crippen LogP contribution in [0, 0.1) is 12.3 Å². The zero-order chi connectivity index (χ0) is 31.4. The highest BCUT2D eigenvalue weighted by Crippen LogP contribution is 2.40. The second-order valence-corrected chi connectivity index (χ2v) is 11.8. The van der Waals surface area contributed by atoms with E-state index in [4.69, 9.17) is 4.74 Å². The Labute approximate surface area is 258 Å². The normalized spacial score (nSPS) is 14.7. The van der Waals surface area contributed by atoms with E-state index in [1.165, 1.54) is 0 Å². The van der Waals surface area contributed by atoms with Gasteiger partial charge in [0.05, 0.1) is 18.0 Å². The molecule has 9 nitrogen and oxygen atoms in total. The Balaban J connectivity index is 1.27. The summed E-state index contributed by atoms with van der Waals surface area (Å²) in [7, 11) is 1.71. The number of rotatable bonds is 11. The average Bonchev–Trinajstić information content (AvgIpc) is 3.07. The summed E-state index contributed by atoms with van der Waals surface area (Å²) >= 11 is 0. The van der Waals surface area contributed by atoms with Crippen molar-refractivity contribution in [1.82, 2.24) is 14.5 Å². The summed E-state index contributed by atoms with van der Waals surface area (Å²) in [6.45, 7) is 10.9. The van der Waals surface area contributed by atoms with Crippen LogP contribution in [0.5, 0.6) is 5.75 Å². The number of anilines is 2. The van der Waals surface area contributed by atoms with Crippen molar-refractivity contribution in [3.63, 3.8) is 0 Å². The number of carbonyl (C=O) groups excluding carboxylic acids is 2. The number of aromatic nitrogens is 2. The Bertz CT molecular complexity index is 1730. The van der Waals surface area contributed by atoms with E-state index in [9.17, 15) is 14.4 Å². The van der Waals surface area contributed by atoms with Gasteiger partial charge < -0.3 is 19.1 Å². The van der Waals surface area contributed by atoms with Crippen molar-refractivity contribution < 1.29 is 14.3 Å². The van der Waals surface area contributed by atoms with Crippen molar-refractivity contribution in [3.05, 3.63) is 94.7 Å². The van der Waals surface area contributed by atoms with E-state index in [1.807, 2.05) is 74.6 Å². The Morgan fingerprint density at radius 1 is 0.932 bits per heavy atom. The van der Waals surface area contributed by atoms with Crippen molar-refractivity contribution in [2.24, 2.45) is 5.41 Å². The van der Waals surface area contributed by atoms with Crippen LogP contribution >= 0.6 is 0 Å². The summed E-state index contributed by atoms with van der Waals surface area (Å²) in [5.41, 5.74) is 2.36. The fourth-order valence-corrected chi connectivity index (χ4v) is 5.80. The molecule has 0 atom stereocenters. The molecule has 9 heteroatoms. The van der Waals surface area contributed by atoms with Crippen LogP contribution in [0.3, 0.4) is 0 Å². The van der Waals surface area contributed by atoms with Gasteiger partial charge in [-0.1, -0.05) is 24.3 Å². The summed E-state index contributed by atoms with van der Waals surface area (Å²) in [4.78, 5) is 49.4. The van der Waals surface area contributed by atoms with Crippen LogP contribution < -0.4 is 20.1 Å². The number of carbonyl (C=O) groups is 2. The van der Waals surface area contributed by atoms with Crippen LogP contribution in [-0.4, -0.2) is 59.6 Å². The molecule has 0 spiro atoms. The maximum atomic E-state index is 13.2. The summed E-state index contributed by atoms with van der Waals surface area (Å²) in [6.07, 6.45) is 4.42. The van der Waals surface area contributed by atoms with Gasteiger partial charge in [-0.3, -0.25) is 24.3 Å². The number of pyridine rings is 2. The highest BCUT2D eigenvalue weighted by Gasteiger charge is 2.45. The number of fused-ring (bicyclic) bond motifs is 2. The third kappa shape index (κ3) is 6.24. The molecule has 0 saturated carbocycles. The van der Waals surface area contributed by atoms with Gasteiger partial charge in [0.1, 0.15) is 11.2 Å². The van der Waals surface area contributed by atoms with Crippen molar-refractivity contribution in [2.75, 3.05) is 43.1 Å². The zero-order valence-corrected chi connectivity index (χ0v) is 26.2. The SMILES string of the molecule is CCN1C(=O)C(C)(C)C(=O)N(C)c2cc(OCCCN(CCn3ccc4ccccc4c3=O)Cc3cccnc3C)ccc21. The summed E-state index contributed by atoms with van der Waals surface area (Å²) in [6, 6.07) is 19.2. The van der Waals surface area contributed by atoms with E-state index in [1.54, 1.807) is 41.5 Å². The van der Waals surface area contributed by atoms with Gasteiger partial charge >= 0.3 is 0 Å². The molecule has 0 aliphatic carbocycles. The Morgan fingerprint density at radius 2 is 1.73 bits per heavy atom. The van der Waals surface area contributed by atoms with Gasteiger partial charge in [0, 0.05) is 69.3 Å². The molecule has 3 heterocycles. The predicted molar refractivity (Wildman–Crippen MR) is 174 cm³/mol. The lowest BCUT2D eigenvalue weighted by atomic mass is 9.90. The van der Waals surface area contributed by atoms with Gasteiger partial charge in [-0.05, 0) is 75.4 Å². The smallest absolute Gasteiger partial charge is 0.258 e. The van der Waals surface area contributed by atoms with E-state index < -0.39 is 5.41 Å². The van der Waals surface area contributed by atoms with E-state index >= 15 is 0 Å². The highest BCUT2D eigenvalue weighted by atomic mass is 16.5. The second-order valence-electron chi connectivity index (χ2n) is 11.8. The van der Waals surface area contributed by atoms with E-state index in [0.29, 0.717) is 49.9 Å². The third-order valence-corrected chi connectivity index (χ3v) is 8.48. The molecule has 2 aromatic heterocycles. The Kier molecular flexibility index (Phi) is 9.15. The van der Waals surface area contributed by atoms with Crippen LogP contribution in [0.1, 0.15) is 38.4 Å². The standard InChI is InChI=1S/C35H41N5O4/c1-6-40-30-15-14-28(23-31(30)37(5)33(42)35(3,4)34(40)43)44-22-10-18-38(24-27-12-9-17-36-25(27)2)20-21-39-19-16-26-11-7-8-13-29(26)32(39)41/h7-9,11-17,19,23H,6,10,18,20-22,24H2,1-5H3. The Hall–Kier alpha value is -4.50. The number of benzene rings is 2. The Morgan fingerprint density at radius 3 is 2.50 bits per heavy atom. The topological polar surface area (TPSA) is 88.0 Å². The third-order valence-electron chi connectivity index (χ3n) is 8.48. The first kappa shape index (κ1) is 30.9. The monoisotopic (exact) mass is 595 g/mol. The highest BCUT2D eigenvalue weighted by molar-refractivity contribution is 6.20. The van der Waals surface area contributed by atoms with Crippen LogP contribution in [0.25, 0.3) is 10.8 Å². The largest absolute Gasteiger partial charge is 0.493 e. The minimum Gasteiger partial charge on any atom is -0.493 e. The van der Waals surface area contributed by atoms with E-state index in [-0.39, 0.29) is 17.4 Å². The predicted octanol–water partition coefficient (Wildman–Crippen LogP) is 5.03. The maximum absolute atomic E-state index is 13.2. The minimum absolute atomic E-state index is 0.0160. The first-order chi connectivity index (χ1) is 21.1. The zero-order valence-electron chi connectivity index (χ0n) is 26.2. The van der Waals surface area contributed by atoms with Crippen molar-refractivity contribution in [3.8, 4) is 5.75 Å². The van der Waals surface area contributed by atoms with Gasteiger partial charge in [0.15, 0.2) is 0 Å². The lowest BCUT2D eigenvalue weighted by molar-refractivity contribution is -0.137. The van der Waals surface area contributed by atoms with Crippen LogP contribution in [0.15, 0.2) is 77.9 Å². The van der Waals surface area contributed by atoms with Crippen molar-refractivity contribution in [2.45, 2.75) is 47.2 Å². The van der Waals surface area contributed by atoms with Crippen LogP contribution in [0.4, 0.5) is 11.4 Å². The molecule has 1 aliphatic heterocycles. The van der Waals surface area contributed by atoms with Gasteiger partial charge in [0.25, 0.3) is 5.56 Å². The summed E-state index contributed by atoms with van der Waals surface area (Å²) in [5.74, 6) is 0.187. The van der Waals surface area contributed by atoms with Crippen molar-refractivity contribution >= 4 is 34.0 Å². The number of ether oxygens (including phenoxy) is 1. The first-order valence-corrected chi connectivity index (χ1v) is 15.2. The summed E-state index contributed by atoms with van der Waals surface area (Å²) < 4.78 is 7.94. The number of aryl methyl sites for hydroxylation is 1. The minimum atomic E-state index is -1.15. The summed E-state index contributed by atoms with van der Waals surface area (Å²) in [5, 5.41) is 1.67. The van der Waals surface area contributed by atoms with Gasteiger partial charge in [-0.2, -0.15) is 0 Å². The molecule has 0 unspecified atom stereocenters. The van der Waals surface area contributed by atoms with E-state index in [2.05, 4.69) is 16.0 Å². The molecule has 230 valence electrons. The van der Waals surface area contributed by atoms with Gasteiger partial charge in [0.2, 0.25) is 11.8 Å². The average molecular weight is 596 g/mol. The molecule has 0 fully saturated rings. The lowest BCUT2D eigenvalue weighted by Crippen LogP contribution is -2.47. The first-order valence-electron chi connectivity index (χ1n) is 15.2. The number of hydrogen-bond acceptors (Lipinski definition) is 6. The molecule has 44 heavy (non-hydrogen) atoms. The molecule has 0 N–H and O–H groups in total. The molecule has 0 saturated heterocycles. The number of nitrogens with zero attached hydrogens (tertiary/aromatic N) is 5. The molecular formula is C35H41N5O4. The maximum Gasteiger partial charge on any atom is 0.258 e. The molecule has 2 aromatic carbocycles. The molecular weight excluding hydrogens is 554 g/mol. The molecule has 0 radical (unpaired) electrons. The fourth-order valence-electron chi connectivity index (χ4n) is 5.80. The van der Waals surface area contributed by atoms with Gasteiger partial charge in [-0.25, -0.2) is 0 Å². The van der Waals surface area contributed by atoms with Gasteiger partial charge in [-0.15, -0.1) is 0 Å². The van der Waals surface area contributed by atoms with Crippen molar-refractivity contribution in [1.29, 1.82) is 0 Å². The quantitative estimate of drug-likeness (QED) is 0.179. The fraction of sp³-hybridized carbons (Fsp3) is 0.371.